The maximum atomic E-state index is 11.6. The normalized spacial score (nSPS) is 10.7. The Morgan fingerprint density at radius 3 is 2.79 bits per heavy atom. The van der Waals surface area contributed by atoms with Crippen LogP contribution >= 0.6 is 11.6 Å². The van der Waals surface area contributed by atoms with E-state index >= 15 is 0 Å². The van der Waals surface area contributed by atoms with E-state index in [2.05, 4.69) is 0 Å². The van der Waals surface area contributed by atoms with Gasteiger partial charge in [0, 0.05) is 24.1 Å². The molecule has 0 spiro atoms. The van der Waals surface area contributed by atoms with Gasteiger partial charge in [-0.2, -0.15) is 4.73 Å². The van der Waals surface area contributed by atoms with Gasteiger partial charge in [-0.25, -0.2) is 0 Å². The lowest BCUT2D eigenvalue weighted by molar-refractivity contribution is -0.584. The highest BCUT2D eigenvalue weighted by atomic mass is 35.5. The van der Waals surface area contributed by atoms with Gasteiger partial charge in [-0.1, -0.05) is 11.6 Å². The Balaban J connectivity index is 2.94. The van der Waals surface area contributed by atoms with Gasteiger partial charge in [0.1, 0.15) is 5.75 Å². The number of aryl methyl sites for hydroxylation is 1. The highest BCUT2D eigenvalue weighted by Crippen LogP contribution is 2.25. The summed E-state index contributed by atoms with van der Waals surface area (Å²) in [6.07, 6.45) is 0. The van der Waals surface area contributed by atoms with Crippen LogP contribution in [0.3, 0.4) is 0 Å². The van der Waals surface area contributed by atoms with Gasteiger partial charge < -0.3 is 10.3 Å². The van der Waals surface area contributed by atoms with Crippen LogP contribution in [0, 0.1) is 12.1 Å². The zero-order valence-corrected chi connectivity index (χ0v) is 8.25. The van der Waals surface area contributed by atoms with Crippen LogP contribution in [0.15, 0.2) is 24.3 Å². The molecule has 1 heterocycles. The minimum absolute atomic E-state index is 0.0760. The number of rotatable bonds is 0. The molecule has 1 N–H and O–H groups in total. The topological polar surface area (TPSA) is 47.2 Å². The van der Waals surface area contributed by atoms with Gasteiger partial charge in [-0.15, -0.1) is 0 Å². The van der Waals surface area contributed by atoms with E-state index in [9.17, 15) is 10.3 Å². The molecule has 0 aliphatic carbocycles. The van der Waals surface area contributed by atoms with E-state index in [1.165, 1.54) is 6.07 Å². The van der Waals surface area contributed by atoms with Crippen molar-refractivity contribution in [3.05, 3.63) is 40.2 Å². The van der Waals surface area contributed by atoms with E-state index in [-0.39, 0.29) is 5.75 Å². The Bertz CT molecular complexity index is 511. The van der Waals surface area contributed by atoms with Crippen LogP contribution in [0.4, 0.5) is 0 Å². The molecule has 0 amide bonds. The van der Waals surface area contributed by atoms with Gasteiger partial charge in [0.2, 0.25) is 5.52 Å². The molecule has 0 saturated carbocycles. The Morgan fingerprint density at radius 1 is 1.36 bits per heavy atom. The van der Waals surface area contributed by atoms with Crippen LogP contribution in [-0.4, -0.2) is 5.11 Å². The number of hydrogen-bond donors (Lipinski definition) is 1. The number of aromatic hydroxyl groups is 1. The van der Waals surface area contributed by atoms with Crippen molar-refractivity contribution in [2.24, 2.45) is 0 Å². The van der Waals surface area contributed by atoms with Crippen LogP contribution in [0.2, 0.25) is 5.02 Å². The van der Waals surface area contributed by atoms with E-state index in [1.54, 1.807) is 25.1 Å². The van der Waals surface area contributed by atoms with Crippen molar-refractivity contribution < 1.29 is 9.84 Å². The van der Waals surface area contributed by atoms with Crippen molar-refractivity contribution in [1.29, 1.82) is 0 Å². The second-order valence-corrected chi connectivity index (χ2v) is 3.56. The van der Waals surface area contributed by atoms with Crippen LogP contribution < -0.4 is 4.73 Å². The smallest absolute Gasteiger partial charge is 0.227 e. The summed E-state index contributed by atoms with van der Waals surface area (Å²) in [5.74, 6) is 0.0760. The summed E-state index contributed by atoms with van der Waals surface area (Å²) < 4.78 is 0.769. The molecule has 2 rings (SSSR count). The largest absolute Gasteiger partial charge is 0.618 e. The molecule has 0 unspecified atom stereocenters. The lowest BCUT2D eigenvalue weighted by Crippen LogP contribution is -2.30. The van der Waals surface area contributed by atoms with Crippen molar-refractivity contribution in [3.63, 3.8) is 0 Å². The zero-order chi connectivity index (χ0) is 10.3. The highest BCUT2D eigenvalue weighted by Gasteiger charge is 2.11. The standard InChI is InChI=1S/C10H8ClNO2/c1-6-4-10(13)8-5-7(11)2-3-9(8)12(6)14/h2-5,13H,1H3. The molecule has 0 aliphatic rings. The van der Waals surface area contributed by atoms with E-state index in [0.29, 0.717) is 21.6 Å². The first-order valence-corrected chi connectivity index (χ1v) is 4.49. The zero-order valence-electron chi connectivity index (χ0n) is 7.49. The molecular weight excluding hydrogens is 202 g/mol. The Labute approximate surface area is 85.8 Å². The van der Waals surface area contributed by atoms with Gasteiger partial charge in [-0.3, -0.25) is 0 Å². The summed E-state index contributed by atoms with van der Waals surface area (Å²) in [5.41, 5.74) is 0.879. The van der Waals surface area contributed by atoms with E-state index in [1.807, 2.05) is 0 Å². The fourth-order valence-electron chi connectivity index (χ4n) is 1.41. The molecule has 0 radical (unpaired) electrons. The average Bonchev–Trinajstić information content (AvgIpc) is 2.14. The third-order valence-electron chi connectivity index (χ3n) is 2.12. The predicted molar refractivity (Wildman–Crippen MR) is 54.3 cm³/mol. The molecule has 3 nitrogen and oxygen atoms in total. The van der Waals surface area contributed by atoms with E-state index < -0.39 is 0 Å². The molecule has 0 saturated heterocycles. The molecule has 4 heteroatoms. The van der Waals surface area contributed by atoms with Crippen molar-refractivity contribution >= 4 is 22.5 Å². The summed E-state index contributed by atoms with van der Waals surface area (Å²) in [7, 11) is 0. The van der Waals surface area contributed by atoms with Crippen molar-refractivity contribution in [3.8, 4) is 5.75 Å². The van der Waals surface area contributed by atoms with Gasteiger partial charge in [0.25, 0.3) is 0 Å². The first kappa shape index (κ1) is 9.09. The second-order valence-electron chi connectivity index (χ2n) is 3.13. The van der Waals surface area contributed by atoms with Crippen LogP contribution in [-0.2, 0) is 0 Å². The number of pyridine rings is 1. The maximum Gasteiger partial charge on any atom is 0.227 e. The molecule has 0 bridgehead atoms. The number of benzene rings is 1. The summed E-state index contributed by atoms with van der Waals surface area (Å²) in [6, 6.07) is 6.21. The minimum atomic E-state index is 0.0760. The number of fused-ring (bicyclic) bond motifs is 1. The number of halogens is 1. The molecule has 0 atom stereocenters. The molecular formula is C10H8ClNO2. The van der Waals surface area contributed by atoms with Crippen molar-refractivity contribution in [1.82, 2.24) is 0 Å². The summed E-state index contributed by atoms with van der Waals surface area (Å²) in [6.45, 7) is 1.64. The fraction of sp³-hybridized carbons (Fsp3) is 0.100. The van der Waals surface area contributed by atoms with E-state index in [0.717, 1.165) is 4.73 Å². The van der Waals surface area contributed by atoms with Gasteiger partial charge >= 0.3 is 0 Å². The van der Waals surface area contributed by atoms with Crippen LogP contribution in [0.5, 0.6) is 5.75 Å². The van der Waals surface area contributed by atoms with E-state index in [4.69, 9.17) is 11.6 Å². The average molecular weight is 210 g/mol. The summed E-state index contributed by atoms with van der Waals surface area (Å²) >= 11 is 5.76. The SMILES string of the molecule is Cc1cc(O)c2cc(Cl)ccc2[n+]1[O-]. The molecule has 2 aromatic rings. The Kier molecular flexibility index (Phi) is 1.97. The fourth-order valence-corrected chi connectivity index (χ4v) is 1.59. The Hall–Kier alpha value is -1.48. The van der Waals surface area contributed by atoms with Gasteiger partial charge in [0.15, 0.2) is 5.69 Å². The quantitative estimate of drug-likeness (QED) is 0.534. The maximum absolute atomic E-state index is 11.6. The monoisotopic (exact) mass is 209 g/mol. The lowest BCUT2D eigenvalue weighted by atomic mass is 10.2. The number of hydrogen-bond acceptors (Lipinski definition) is 2. The number of aromatic nitrogens is 1. The minimum Gasteiger partial charge on any atom is -0.618 e. The first-order chi connectivity index (χ1) is 6.59. The molecule has 72 valence electrons. The summed E-state index contributed by atoms with van der Waals surface area (Å²) in [4.78, 5) is 0. The molecule has 0 aliphatic heterocycles. The third-order valence-corrected chi connectivity index (χ3v) is 2.35. The van der Waals surface area contributed by atoms with Gasteiger partial charge in [-0.05, 0) is 12.1 Å². The first-order valence-electron chi connectivity index (χ1n) is 4.11. The molecule has 14 heavy (non-hydrogen) atoms. The molecule has 0 fully saturated rings. The van der Waals surface area contributed by atoms with Crippen molar-refractivity contribution in [2.75, 3.05) is 0 Å². The Morgan fingerprint density at radius 2 is 2.07 bits per heavy atom. The highest BCUT2D eigenvalue weighted by molar-refractivity contribution is 6.31. The summed E-state index contributed by atoms with van der Waals surface area (Å²) in [5, 5.41) is 22.1. The van der Waals surface area contributed by atoms with Gasteiger partial charge in [0.05, 0.1) is 5.39 Å². The predicted octanol–water partition coefficient (Wildman–Crippen LogP) is 2.14. The number of nitrogens with zero attached hydrogens (tertiary/aromatic N) is 1. The lowest BCUT2D eigenvalue weighted by Gasteiger charge is -2.06. The third kappa shape index (κ3) is 1.26. The second kappa shape index (κ2) is 3.03. The molecule has 1 aromatic heterocycles. The van der Waals surface area contributed by atoms with Crippen molar-refractivity contribution in [2.45, 2.75) is 6.92 Å². The van der Waals surface area contributed by atoms with Crippen LogP contribution in [0.1, 0.15) is 5.69 Å². The van der Waals surface area contributed by atoms with Crippen LogP contribution in [0.25, 0.3) is 10.9 Å². The molecule has 1 aromatic carbocycles.